The molecule has 0 aromatic heterocycles. The van der Waals surface area contributed by atoms with Crippen molar-refractivity contribution in [2.24, 2.45) is 0 Å². The fourth-order valence-corrected chi connectivity index (χ4v) is 2.12. The van der Waals surface area contributed by atoms with E-state index in [9.17, 15) is 4.79 Å². The molecule has 1 aromatic rings. The maximum atomic E-state index is 10.6. The maximum absolute atomic E-state index is 10.6. The largest absolute Gasteiger partial charge is 0.496 e. The highest BCUT2D eigenvalue weighted by Crippen LogP contribution is 2.32. The smallest absolute Gasteiger partial charge is 0.303 e. The number of benzene rings is 1. The summed E-state index contributed by atoms with van der Waals surface area (Å²) in [4.78, 5) is 10.6. The monoisotopic (exact) mass is 250 g/mol. The Bertz CT molecular complexity index is 422. The number of carboxylic acids is 1. The highest BCUT2D eigenvalue weighted by atomic mass is 16.5. The maximum Gasteiger partial charge on any atom is 0.303 e. The summed E-state index contributed by atoms with van der Waals surface area (Å²) < 4.78 is 5.49. The molecule has 0 fully saturated rings. The topological polar surface area (TPSA) is 46.5 Å². The van der Waals surface area contributed by atoms with Gasteiger partial charge in [0, 0.05) is 6.42 Å². The molecule has 0 amide bonds. The van der Waals surface area contributed by atoms with E-state index in [0.717, 1.165) is 28.9 Å². The van der Waals surface area contributed by atoms with Gasteiger partial charge in [-0.2, -0.15) is 0 Å². The lowest BCUT2D eigenvalue weighted by Crippen LogP contribution is -2.03. The predicted molar refractivity (Wildman–Crippen MR) is 72.4 cm³/mol. The third-order valence-corrected chi connectivity index (χ3v) is 3.09. The Labute approximate surface area is 109 Å². The van der Waals surface area contributed by atoms with Crippen LogP contribution in [0.15, 0.2) is 12.1 Å². The first-order valence-corrected chi connectivity index (χ1v) is 6.41. The Hall–Kier alpha value is -1.51. The molecule has 1 N–H and O–H groups in total. The zero-order valence-electron chi connectivity index (χ0n) is 11.6. The van der Waals surface area contributed by atoms with Crippen LogP contribution in [0.25, 0.3) is 0 Å². The minimum atomic E-state index is -0.755. The fourth-order valence-electron chi connectivity index (χ4n) is 2.12. The quantitative estimate of drug-likeness (QED) is 0.841. The Balaban J connectivity index is 3.14. The molecule has 0 aliphatic rings. The first-order chi connectivity index (χ1) is 8.49. The van der Waals surface area contributed by atoms with Crippen LogP contribution >= 0.6 is 0 Å². The molecule has 0 saturated carbocycles. The third-order valence-electron chi connectivity index (χ3n) is 3.09. The molecule has 0 atom stereocenters. The molecular weight excluding hydrogens is 228 g/mol. The van der Waals surface area contributed by atoms with Crippen LogP contribution in [0.3, 0.4) is 0 Å². The van der Waals surface area contributed by atoms with Crippen molar-refractivity contribution in [1.82, 2.24) is 0 Å². The summed E-state index contributed by atoms with van der Waals surface area (Å²) in [6, 6.07) is 4.14. The Kier molecular flexibility index (Phi) is 5.20. The summed E-state index contributed by atoms with van der Waals surface area (Å²) in [5.41, 5.74) is 3.40. The second-order valence-corrected chi connectivity index (χ2v) is 4.78. The van der Waals surface area contributed by atoms with Crippen LogP contribution < -0.4 is 4.74 Å². The summed E-state index contributed by atoms with van der Waals surface area (Å²) in [7, 11) is 1.69. The fraction of sp³-hybridized carbons (Fsp3) is 0.533. The molecule has 0 unspecified atom stereocenters. The average Bonchev–Trinajstić information content (AvgIpc) is 2.34. The predicted octanol–water partition coefficient (Wildman–Crippen LogP) is 3.40. The van der Waals surface area contributed by atoms with Crippen molar-refractivity contribution < 1.29 is 14.6 Å². The number of carbonyl (C=O) groups is 1. The van der Waals surface area contributed by atoms with Gasteiger partial charge >= 0.3 is 5.97 Å². The van der Waals surface area contributed by atoms with Crippen molar-refractivity contribution >= 4 is 5.97 Å². The molecule has 0 radical (unpaired) electrons. The van der Waals surface area contributed by atoms with Crippen molar-refractivity contribution in [2.75, 3.05) is 7.11 Å². The summed E-state index contributed by atoms with van der Waals surface area (Å²) >= 11 is 0. The van der Waals surface area contributed by atoms with Crippen molar-refractivity contribution in [3.63, 3.8) is 0 Å². The summed E-state index contributed by atoms with van der Waals surface area (Å²) in [6.45, 7) is 6.33. The highest BCUT2D eigenvalue weighted by molar-refractivity contribution is 5.67. The third kappa shape index (κ3) is 3.49. The average molecular weight is 250 g/mol. The highest BCUT2D eigenvalue weighted by Gasteiger charge is 2.13. The van der Waals surface area contributed by atoms with Gasteiger partial charge in [-0.3, -0.25) is 4.79 Å². The molecule has 0 heterocycles. The molecule has 3 heteroatoms. The van der Waals surface area contributed by atoms with Gasteiger partial charge in [0.25, 0.3) is 0 Å². The van der Waals surface area contributed by atoms with Gasteiger partial charge in [0.15, 0.2) is 0 Å². The van der Waals surface area contributed by atoms with Crippen LogP contribution in [0.5, 0.6) is 5.75 Å². The molecule has 0 spiro atoms. The standard InChI is InChI=1S/C15H22O3/c1-5-12-8-11(6-7-14(16)17)9-13(10(2)3)15(12)18-4/h8-10H,5-7H2,1-4H3,(H,16,17). The zero-order chi connectivity index (χ0) is 13.7. The molecule has 1 rings (SSSR count). The van der Waals surface area contributed by atoms with Crippen molar-refractivity contribution in [3.05, 3.63) is 28.8 Å². The minimum Gasteiger partial charge on any atom is -0.496 e. The summed E-state index contributed by atoms with van der Waals surface area (Å²) in [6.07, 6.45) is 1.64. The molecule has 18 heavy (non-hydrogen) atoms. The number of carboxylic acid groups (broad SMARTS) is 1. The number of hydrogen-bond donors (Lipinski definition) is 1. The molecule has 1 aromatic carbocycles. The van der Waals surface area contributed by atoms with Crippen LogP contribution in [-0.2, 0) is 17.6 Å². The van der Waals surface area contributed by atoms with E-state index in [1.807, 2.05) is 0 Å². The van der Waals surface area contributed by atoms with E-state index in [1.54, 1.807) is 7.11 Å². The number of aryl methyl sites for hydroxylation is 2. The number of aliphatic carboxylic acids is 1. The van der Waals surface area contributed by atoms with E-state index in [4.69, 9.17) is 9.84 Å². The van der Waals surface area contributed by atoms with Gasteiger partial charge in [-0.15, -0.1) is 0 Å². The van der Waals surface area contributed by atoms with E-state index in [-0.39, 0.29) is 6.42 Å². The van der Waals surface area contributed by atoms with Crippen LogP contribution in [0, 0.1) is 0 Å². The van der Waals surface area contributed by atoms with E-state index in [2.05, 4.69) is 32.9 Å². The second kappa shape index (κ2) is 6.43. The van der Waals surface area contributed by atoms with Crippen LogP contribution in [0.4, 0.5) is 0 Å². The molecular formula is C15H22O3. The Morgan fingerprint density at radius 2 is 2.06 bits per heavy atom. The van der Waals surface area contributed by atoms with Gasteiger partial charge in [-0.1, -0.05) is 32.9 Å². The molecule has 0 saturated heterocycles. The van der Waals surface area contributed by atoms with Gasteiger partial charge in [-0.25, -0.2) is 0 Å². The van der Waals surface area contributed by atoms with Crippen molar-refractivity contribution in [1.29, 1.82) is 0 Å². The van der Waals surface area contributed by atoms with E-state index >= 15 is 0 Å². The number of rotatable bonds is 6. The van der Waals surface area contributed by atoms with Gasteiger partial charge in [0.1, 0.15) is 5.75 Å². The first-order valence-electron chi connectivity index (χ1n) is 6.41. The first kappa shape index (κ1) is 14.6. The molecule has 3 nitrogen and oxygen atoms in total. The van der Waals surface area contributed by atoms with Crippen LogP contribution in [-0.4, -0.2) is 18.2 Å². The molecule has 0 aliphatic heterocycles. The normalized spacial score (nSPS) is 10.7. The van der Waals surface area contributed by atoms with Crippen LogP contribution in [0.2, 0.25) is 0 Å². The van der Waals surface area contributed by atoms with Gasteiger partial charge in [0.2, 0.25) is 0 Å². The zero-order valence-corrected chi connectivity index (χ0v) is 11.6. The van der Waals surface area contributed by atoms with E-state index in [0.29, 0.717) is 12.3 Å². The van der Waals surface area contributed by atoms with Crippen molar-refractivity contribution in [3.8, 4) is 5.75 Å². The number of hydrogen-bond acceptors (Lipinski definition) is 2. The van der Waals surface area contributed by atoms with E-state index < -0.39 is 5.97 Å². The summed E-state index contributed by atoms with van der Waals surface area (Å²) in [5, 5.41) is 8.76. The van der Waals surface area contributed by atoms with Gasteiger partial charge < -0.3 is 9.84 Å². The minimum absolute atomic E-state index is 0.174. The van der Waals surface area contributed by atoms with Crippen LogP contribution in [0.1, 0.15) is 49.8 Å². The molecule has 100 valence electrons. The van der Waals surface area contributed by atoms with Gasteiger partial charge in [-0.05, 0) is 35.4 Å². The Morgan fingerprint density at radius 1 is 1.39 bits per heavy atom. The lowest BCUT2D eigenvalue weighted by Gasteiger charge is -2.17. The lowest BCUT2D eigenvalue weighted by molar-refractivity contribution is -0.136. The SMILES string of the molecule is CCc1cc(CCC(=O)O)cc(C(C)C)c1OC. The molecule has 0 aliphatic carbocycles. The summed E-state index contributed by atoms with van der Waals surface area (Å²) in [5.74, 6) is 0.566. The number of ether oxygens (including phenoxy) is 1. The lowest BCUT2D eigenvalue weighted by atomic mass is 9.93. The Morgan fingerprint density at radius 3 is 2.50 bits per heavy atom. The van der Waals surface area contributed by atoms with E-state index in [1.165, 1.54) is 0 Å². The second-order valence-electron chi connectivity index (χ2n) is 4.78. The number of methoxy groups -OCH3 is 1. The molecule has 0 bridgehead atoms. The van der Waals surface area contributed by atoms with Crippen molar-refractivity contribution in [2.45, 2.75) is 46.0 Å². The van der Waals surface area contributed by atoms with Gasteiger partial charge in [0.05, 0.1) is 7.11 Å².